The molecule has 2 rings (SSSR count). The summed E-state index contributed by atoms with van der Waals surface area (Å²) >= 11 is 0. The van der Waals surface area contributed by atoms with Crippen molar-refractivity contribution in [2.75, 3.05) is 0 Å². The van der Waals surface area contributed by atoms with Gasteiger partial charge in [0.05, 0.1) is 5.56 Å². The van der Waals surface area contributed by atoms with E-state index >= 15 is 0 Å². The van der Waals surface area contributed by atoms with Gasteiger partial charge in [-0.15, -0.1) is 0 Å². The van der Waals surface area contributed by atoms with Gasteiger partial charge < -0.3 is 10.2 Å². The summed E-state index contributed by atoms with van der Waals surface area (Å²) in [6.45, 7) is 1.92. The van der Waals surface area contributed by atoms with Crippen LogP contribution in [0, 0.1) is 6.92 Å². The largest absolute Gasteiger partial charge is 0.463 e. The zero-order chi connectivity index (χ0) is 9.42. The SMILES string of the molecule is Cc1cccc2occ(C(N)=O)c12. The van der Waals surface area contributed by atoms with Crippen LogP contribution >= 0.6 is 0 Å². The van der Waals surface area contributed by atoms with E-state index in [-0.39, 0.29) is 0 Å². The summed E-state index contributed by atoms with van der Waals surface area (Å²) in [5.41, 5.74) is 7.35. The number of hydrogen-bond acceptors (Lipinski definition) is 2. The molecule has 0 fully saturated rings. The highest BCUT2D eigenvalue weighted by molar-refractivity contribution is 6.06. The third-order valence-corrected chi connectivity index (χ3v) is 2.07. The van der Waals surface area contributed by atoms with Crippen molar-refractivity contribution in [2.24, 2.45) is 5.73 Å². The molecule has 0 radical (unpaired) electrons. The standard InChI is InChI=1S/C10H9NO2/c1-6-3-2-4-8-9(6)7(5-13-8)10(11)12/h2-5H,1H3,(H2,11,12). The van der Waals surface area contributed by atoms with Crippen molar-refractivity contribution in [3.8, 4) is 0 Å². The number of aryl methyl sites for hydroxylation is 1. The number of primary amides is 1. The zero-order valence-electron chi connectivity index (χ0n) is 7.20. The maximum atomic E-state index is 11.0. The molecule has 0 atom stereocenters. The van der Waals surface area contributed by atoms with Crippen LogP contribution in [0.4, 0.5) is 0 Å². The molecule has 1 amide bonds. The van der Waals surface area contributed by atoms with Gasteiger partial charge in [0.25, 0.3) is 5.91 Å². The molecule has 0 saturated heterocycles. The summed E-state index contributed by atoms with van der Waals surface area (Å²) in [6.07, 6.45) is 1.40. The van der Waals surface area contributed by atoms with E-state index in [1.165, 1.54) is 6.26 Å². The molecule has 0 spiro atoms. The summed E-state index contributed by atoms with van der Waals surface area (Å²) in [7, 11) is 0. The van der Waals surface area contributed by atoms with Crippen LogP contribution in [0.5, 0.6) is 0 Å². The lowest BCUT2D eigenvalue weighted by molar-refractivity contribution is 0.100. The molecule has 0 aliphatic carbocycles. The number of rotatable bonds is 1. The van der Waals surface area contributed by atoms with Crippen molar-refractivity contribution in [2.45, 2.75) is 6.92 Å². The zero-order valence-corrected chi connectivity index (χ0v) is 7.20. The molecule has 2 aromatic rings. The Labute approximate surface area is 75.1 Å². The first-order chi connectivity index (χ1) is 6.20. The van der Waals surface area contributed by atoms with Crippen LogP contribution in [0.15, 0.2) is 28.9 Å². The summed E-state index contributed by atoms with van der Waals surface area (Å²) in [6, 6.07) is 5.62. The van der Waals surface area contributed by atoms with E-state index < -0.39 is 5.91 Å². The van der Waals surface area contributed by atoms with E-state index in [1.807, 2.05) is 25.1 Å². The van der Waals surface area contributed by atoms with Crippen LogP contribution in [0.3, 0.4) is 0 Å². The van der Waals surface area contributed by atoms with Gasteiger partial charge in [-0.2, -0.15) is 0 Å². The fourth-order valence-electron chi connectivity index (χ4n) is 1.45. The van der Waals surface area contributed by atoms with Crippen LogP contribution in [0.25, 0.3) is 11.0 Å². The fraction of sp³-hybridized carbons (Fsp3) is 0.100. The Balaban J connectivity index is 2.86. The van der Waals surface area contributed by atoms with Gasteiger partial charge in [-0.1, -0.05) is 12.1 Å². The predicted molar refractivity (Wildman–Crippen MR) is 49.5 cm³/mol. The molecule has 1 aromatic carbocycles. The molecule has 0 bridgehead atoms. The van der Waals surface area contributed by atoms with Crippen LogP contribution in [-0.4, -0.2) is 5.91 Å². The second-order valence-corrected chi connectivity index (χ2v) is 2.96. The summed E-state index contributed by atoms with van der Waals surface area (Å²) in [4.78, 5) is 11.0. The first kappa shape index (κ1) is 7.86. The third-order valence-electron chi connectivity index (χ3n) is 2.07. The normalized spacial score (nSPS) is 10.5. The van der Waals surface area contributed by atoms with Crippen molar-refractivity contribution in [1.82, 2.24) is 0 Å². The molecule has 0 aliphatic rings. The lowest BCUT2D eigenvalue weighted by atomic mass is 10.1. The molecule has 0 aliphatic heterocycles. The van der Waals surface area contributed by atoms with Crippen LogP contribution < -0.4 is 5.73 Å². The minimum atomic E-state index is -0.451. The van der Waals surface area contributed by atoms with E-state index in [1.54, 1.807) is 0 Å². The van der Waals surface area contributed by atoms with Crippen molar-refractivity contribution in [1.29, 1.82) is 0 Å². The van der Waals surface area contributed by atoms with Crippen molar-refractivity contribution in [3.63, 3.8) is 0 Å². The van der Waals surface area contributed by atoms with Gasteiger partial charge in [0.15, 0.2) is 0 Å². The minimum absolute atomic E-state index is 0.451. The van der Waals surface area contributed by atoms with E-state index in [0.29, 0.717) is 11.1 Å². The predicted octanol–water partition coefficient (Wildman–Crippen LogP) is 1.84. The quantitative estimate of drug-likeness (QED) is 0.718. The summed E-state index contributed by atoms with van der Waals surface area (Å²) in [5.74, 6) is -0.451. The molecule has 66 valence electrons. The second kappa shape index (κ2) is 2.62. The number of carbonyl (C=O) groups is 1. The van der Waals surface area contributed by atoms with E-state index in [0.717, 1.165) is 10.9 Å². The molecule has 0 saturated carbocycles. The number of amides is 1. The Bertz CT molecular complexity index is 471. The van der Waals surface area contributed by atoms with Crippen LogP contribution in [0.1, 0.15) is 15.9 Å². The van der Waals surface area contributed by atoms with E-state index in [9.17, 15) is 4.79 Å². The summed E-state index contributed by atoms with van der Waals surface area (Å²) < 4.78 is 5.19. The van der Waals surface area contributed by atoms with Gasteiger partial charge in [-0.05, 0) is 18.6 Å². The Kier molecular flexibility index (Phi) is 1.59. The molecule has 1 aromatic heterocycles. The Hall–Kier alpha value is -1.77. The van der Waals surface area contributed by atoms with Gasteiger partial charge in [-0.25, -0.2) is 0 Å². The highest BCUT2D eigenvalue weighted by atomic mass is 16.3. The number of nitrogens with two attached hydrogens (primary N) is 1. The molecular weight excluding hydrogens is 166 g/mol. The summed E-state index contributed by atoms with van der Waals surface area (Å²) in [5, 5.41) is 0.815. The molecular formula is C10H9NO2. The second-order valence-electron chi connectivity index (χ2n) is 2.96. The maximum Gasteiger partial charge on any atom is 0.252 e. The lowest BCUT2D eigenvalue weighted by Gasteiger charge is -1.95. The van der Waals surface area contributed by atoms with Crippen molar-refractivity contribution >= 4 is 16.9 Å². The van der Waals surface area contributed by atoms with Crippen molar-refractivity contribution < 1.29 is 9.21 Å². The lowest BCUT2D eigenvalue weighted by Crippen LogP contribution is -2.10. The third kappa shape index (κ3) is 1.09. The fourth-order valence-corrected chi connectivity index (χ4v) is 1.45. The number of fused-ring (bicyclic) bond motifs is 1. The molecule has 0 unspecified atom stereocenters. The first-order valence-electron chi connectivity index (χ1n) is 3.97. The molecule has 3 heteroatoms. The van der Waals surface area contributed by atoms with Crippen molar-refractivity contribution in [3.05, 3.63) is 35.6 Å². The highest BCUT2D eigenvalue weighted by Gasteiger charge is 2.11. The van der Waals surface area contributed by atoms with Gasteiger partial charge >= 0.3 is 0 Å². The first-order valence-corrected chi connectivity index (χ1v) is 3.97. The molecule has 13 heavy (non-hydrogen) atoms. The average molecular weight is 175 g/mol. The molecule has 2 N–H and O–H groups in total. The average Bonchev–Trinajstić information content (AvgIpc) is 2.49. The molecule has 3 nitrogen and oxygen atoms in total. The minimum Gasteiger partial charge on any atom is -0.463 e. The van der Waals surface area contributed by atoms with Crippen LogP contribution in [0.2, 0.25) is 0 Å². The smallest absolute Gasteiger partial charge is 0.252 e. The van der Waals surface area contributed by atoms with Crippen LogP contribution in [-0.2, 0) is 0 Å². The Morgan fingerprint density at radius 1 is 1.46 bits per heavy atom. The van der Waals surface area contributed by atoms with E-state index in [4.69, 9.17) is 10.2 Å². The Morgan fingerprint density at radius 2 is 2.23 bits per heavy atom. The topological polar surface area (TPSA) is 56.2 Å². The molecule has 1 heterocycles. The number of hydrogen-bond donors (Lipinski definition) is 1. The maximum absolute atomic E-state index is 11.0. The Morgan fingerprint density at radius 3 is 2.92 bits per heavy atom. The van der Waals surface area contributed by atoms with E-state index in [2.05, 4.69) is 0 Å². The monoisotopic (exact) mass is 175 g/mol. The van der Waals surface area contributed by atoms with Gasteiger partial charge in [-0.3, -0.25) is 4.79 Å². The highest BCUT2D eigenvalue weighted by Crippen LogP contribution is 2.23. The number of carbonyl (C=O) groups excluding carboxylic acids is 1. The van der Waals surface area contributed by atoms with Gasteiger partial charge in [0, 0.05) is 5.39 Å². The van der Waals surface area contributed by atoms with Gasteiger partial charge in [0.1, 0.15) is 11.8 Å². The van der Waals surface area contributed by atoms with Gasteiger partial charge in [0.2, 0.25) is 0 Å². The number of furan rings is 1. The number of benzene rings is 1.